The molecule has 1 aliphatic rings. The molecule has 0 aromatic heterocycles. The molecule has 5 heteroatoms. The zero-order chi connectivity index (χ0) is 13.6. The SMILES string of the molecule is CCOCCC1(C(=O)NC(C)CC(=O)O)CCC1. The van der Waals surface area contributed by atoms with E-state index in [0.29, 0.717) is 13.2 Å². The van der Waals surface area contributed by atoms with Crippen LogP contribution in [-0.4, -0.2) is 36.2 Å². The zero-order valence-electron chi connectivity index (χ0n) is 11.2. The van der Waals surface area contributed by atoms with E-state index in [0.717, 1.165) is 25.7 Å². The van der Waals surface area contributed by atoms with E-state index in [1.165, 1.54) is 0 Å². The van der Waals surface area contributed by atoms with Crippen molar-refractivity contribution in [2.75, 3.05) is 13.2 Å². The Kier molecular flexibility index (Phi) is 5.59. The lowest BCUT2D eigenvalue weighted by atomic mass is 9.66. The molecule has 0 saturated heterocycles. The Hall–Kier alpha value is -1.10. The summed E-state index contributed by atoms with van der Waals surface area (Å²) < 4.78 is 5.31. The van der Waals surface area contributed by atoms with Gasteiger partial charge in [0.25, 0.3) is 0 Å². The monoisotopic (exact) mass is 257 g/mol. The fourth-order valence-corrected chi connectivity index (χ4v) is 2.30. The molecular formula is C13H23NO4. The lowest BCUT2D eigenvalue weighted by Crippen LogP contribution is -2.49. The number of carboxylic acids is 1. The first kappa shape index (κ1) is 15.0. The maximum Gasteiger partial charge on any atom is 0.305 e. The Morgan fingerprint density at radius 1 is 1.44 bits per heavy atom. The van der Waals surface area contributed by atoms with E-state index in [2.05, 4.69) is 5.32 Å². The van der Waals surface area contributed by atoms with Crippen LogP contribution in [0.2, 0.25) is 0 Å². The molecule has 18 heavy (non-hydrogen) atoms. The molecule has 1 unspecified atom stereocenters. The van der Waals surface area contributed by atoms with E-state index in [-0.39, 0.29) is 23.8 Å². The van der Waals surface area contributed by atoms with Gasteiger partial charge in [-0.2, -0.15) is 0 Å². The maximum atomic E-state index is 12.2. The second-order valence-electron chi connectivity index (χ2n) is 5.05. The minimum atomic E-state index is -0.889. The van der Waals surface area contributed by atoms with Crippen molar-refractivity contribution in [2.45, 2.75) is 52.0 Å². The topological polar surface area (TPSA) is 75.6 Å². The van der Waals surface area contributed by atoms with Crippen LogP contribution in [0.3, 0.4) is 0 Å². The summed E-state index contributed by atoms with van der Waals surface area (Å²) in [4.78, 5) is 22.7. The standard InChI is InChI=1S/C13H23NO4/c1-3-18-8-7-13(5-4-6-13)12(17)14-10(2)9-11(15)16/h10H,3-9H2,1-2H3,(H,14,17)(H,15,16). The highest BCUT2D eigenvalue weighted by molar-refractivity contribution is 5.84. The number of carbonyl (C=O) groups excluding carboxylic acids is 1. The average Bonchev–Trinajstić information content (AvgIpc) is 2.20. The molecule has 0 bridgehead atoms. The first-order valence-corrected chi connectivity index (χ1v) is 6.60. The van der Waals surface area contributed by atoms with Gasteiger partial charge in [0.2, 0.25) is 5.91 Å². The van der Waals surface area contributed by atoms with E-state index >= 15 is 0 Å². The predicted molar refractivity (Wildman–Crippen MR) is 67.3 cm³/mol. The van der Waals surface area contributed by atoms with Crippen LogP contribution in [0.15, 0.2) is 0 Å². The molecular weight excluding hydrogens is 234 g/mol. The molecule has 0 aromatic carbocycles. The van der Waals surface area contributed by atoms with Crippen LogP contribution >= 0.6 is 0 Å². The molecule has 2 N–H and O–H groups in total. The number of aliphatic carboxylic acids is 1. The number of carboxylic acid groups (broad SMARTS) is 1. The van der Waals surface area contributed by atoms with Crippen LogP contribution in [0.4, 0.5) is 0 Å². The van der Waals surface area contributed by atoms with Gasteiger partial charge in [-0.3, -0.25) is 9.59 Å². The molecule has 5 nitrogen and oxygen atoms in total. The molecule has 0 radical (unpaired) electrons. The van der Waals surface area contributed by atoms with Crippen molar-refractivity contribution in [1.29, 1.82) is 0 Å². The van der Waals surface area contributed by atoms with E-state index < -0.39 is 5.97 Å². The summed E-state index contributed by atoms with van der Waals surface area (Å²) in [6.45, 7) is 4.91. The van der Waals surface area contributed by atoms with Crippen LogP contribution in [0.5, 0.6) is 0 Å². The lowest BCUT2D eigenvalue weighted by molar-refractivity contribution is -0.140. The summed E-state index contributed by atoms with van der Waals surface area (Å²) in [6.07, 6.45) is 3.52. The van der Waals surface area contributed by atoms with Gasteiger partial charge in [-0.1, -0.05) is 6.42 Å². The van der Waals surface area contributed by atoms with Crippen molar-refractivity contribution < 1.29 is 19.4 Å². The quantitative estimate of drug-likeness (QED) is 0.647. The summed E-state index contributed by atoms with van der Waals surface area (Å²) in [5, 5.41) is 11.5. The third kappa shape index (κ3) is 3.98. The molecule has 0 aromatic rings. The molecule has 1 saturated carbocycles. The Bertz CT molecular complexity index is 299. The first-order valence-electron chi connectivity index (χ1n) is 6.60. The molecule has 0 heterocycles. The number of hydrogen-bond donors (Lipinski definition) is 2. The molecule has 0 spiro atoms. The van der Waals surface area contributed by atoms with Crippen LogP contribution in [0, 0.1) is 5.41 Å². The van der Waals surface area contributed by atoms with Crippen LogP contribution in [0.1, 0.15) is 46.0 Å². The van der Waals surface area contributed by atoms with Gasteiger partial charge in [0, 0.05) is 19.3 Å². The average molecular weight is 257 g/mol. The van der Waals surface area contributed by atoms with Crippen molar-refractivity contribution in [3.05, 3.63) is 0 Å². The minimum absolute atomic E-state index is 0.0118. The van der Waals surface area contributed by atoms with Crippen LogP contribution in [-0.2, 0) is 14.3 Å². The van der Waals surface area contributed by atoms with Gasteiger partial charge in [-0.05, 0) is 33.1 Å². The molecule has 0 aliphatic heterocycles. The Morgan fingerprint density at radius 2 is 2.11 bits per heavy atom. The Labute approximate surface area is 108 Å². The van der Waals surface area contributed by atoms with Crippen molar-refractivity contribution >= 4 is 11.9 Å². The largest absolute Gasteiger partial charge is 0.481 e. The second kappa shape index (κ2) is 6.73. The van der Waals surface area contributed by atoms with E-state index in [9.17, 15) is 9.59 Å². The molecule has 104 valence electrons. The van der Waals surface area contributed by atoms with Crippen molar-refractivity contribution in [1.82, 2.24) is 5.32 Å². The molecule has 1 rings (SSSR count). The normalized spacial score (nSPS) is 18.8. The zero-order valence-corrected chi connectivity index (χ0v) is 11.2. The highest BCUT2D eigenvalue weighted by Gasteiger charge is 2.43. The number of rotatable bonds is 8. The second-order valence-corrected chi connectivity index (χ2v) is 5.05. The lowest BCUT2D eigenvalue weighted by Gasteiger charge is -2.40. The molecule has 1 fully saturated rings. The van der Waals surface area contributed by atoms with Gasteiger partial charge in [0.05, 0.1) is 11.8 Å². The van der Waals surface area contributed by atoms with E-state index in [4.69, 9.17) is 9.84 Å². The highest BCUT2D eigenvalue weighted by atomic mass is 16.5. The van der Waals surface area contributed by atoms with E-state index in [1.807, 2.05) is 6.92 Å². The fraction of sp³-hybridized carbons (Fsp3) is 0.846. The fourth-order valence-electron chi connectivity index (χ4n) is 2.30. The summed E-state index contributed by atoms with van der Waals surface area (Å²) in [5.41, 5.74) is -0.318. The molecule has 1 amide bonds. The Balaban J connectivity index is 2.43. The number of amides is 1. The van der Waals surface area contributed by atoms with Crippen molar-refractivity contribution in [3.63, 3.8) is 0 Å². The number of ether oxygens (including phenoxy) is 1. The number of nitrogens with one attached hydrogen (secondary N) is 1. The van der Waals surface area contributed by atoms with Gasteiger partial charge < -0.3 is 15.2 Å². The smallest absolute Gasteiger partial charge is 0.305 e. The summed E-state index contributed by atoms with van der Waals surface area (Å²) in [6, 6.07) is -0.320. The third-order valence-corrected chi connectivity index (χ3v) is 3.58. The predicted octanol–water partition coefficient (Wildman–Crippen LogP) is 1.56. The number of hydrogen-bond acceptors (Lipinski definition) is 3. The van der Waals surface area contributed by atoms with Gasteiger partial charge in [0.1, 0.15) is 0 Å². The third-order valence-electron chi connectivity index (χ3n) is 3.58. The minimum Gasteiger partial charge on any atom is -0.481 e. The molecule has 1 aliphatic carbocycles. The van der Waals surface area contributed by atoms with Crippen molar-refractivity contribution in [3.8, 4) is 0 Å². The summed E-state index contributed by atoms with van der Waals surface area (Å²) >= 11 is 0. The first-order chi connectivity index (χ1) is 8.50. The van der Waals surface area contributed by atoms with Crippen LogP contribution in [0.25, 0.3) is 0 Å². The number of carbonyl (C=O) groups is 2. The summed E-state index contributed by atoms with van der Waals surface area (Å²) in [5.74, 6) is -0.901. The van der Waals surface area contributed by atoms with Gasteiger partial charge in [-0.15, -0.1) is 0 Å². The van der Waals surface area contributed by atoms with E-state index in [1.54, 1.807) is 6.92 Å². The van der Waals surface area contributed by atoms with Gasteiger partial charge in [0.15, 0.2) is 0 Å². The van der Waals surface area contributed by atoms with Crippen molar-refractivity contribution in [2.24, 2.45) is 5.41 Å². The van der Waals surface area contributed by atoms with Gasteiger partial charge >= 0.3 is 5.97 Å². The summed E-state index contributed by atoms with van der Waals surface area (Å²) in [7, 11) is 0. The Morgan fingerprint density at radius 3 is 2.56 bits per heavy atom. The highest BCUT2D eigenvalue weighted by Crippen LogP contribution is 2.44. The van der Waals surface area contributed by atoms with Crippen LogP contribution < -0.4 is 5.32 Å². The van der Waals surface area contributed by atoms with Gasteiger partial charge in [-0.25, -0.2) is 0 Å². The maximum absolute atomic E-state index is 12.2. The molecule has 1 atom stereocenters.